The summed E-state index contributed by atoms with van der Waals surface area (Å²) in [5.41, 5.74) is 3.64. The maximum atomic E-state index is 11.4. The van der Waals surface area contributed by atoms with Gasteiger partial charge in [-0.05, 0) is 41.8 Å². The molecule has 2 aromatic carbocycles. The van der Waals surface area contributed by atoms with E-state index in [1.807, 2.05) is 48.4 Å². The topological polar surface area (TPSA) is 35.5 Å². The monoisotopic (exact) mass is 370 g/mol. The van der Waals surface area contributed by atoms with Crippen molar-refractivity contribution in [2.45, 2.75) is 6.42 Å². The molecule has 0 aromatic heterocycles. The third-order valence-corrected chi connectivity index (χ3v) is 4.16. The van der Waals surface area contributed by atoms with Gasteiger partial charge in [-0.2, -0.15) is 0 Å². The lowest BCUT2D eigenvalue weighted by atomic mass is 9.93. The molecule has 4 heteroatoms. The molecule has 1 aliphatic rings. The quantitative estimate of drug-likeness (QED) is 0.590. The predicted octanol–water partition coefficient (Wildman–Crippen LogP) is 4.48. The normalized spacial score (nSPS) is 14.3. The van der Waals surface area contributed by atoms with Crippen molar-refractivity contribution in [3.63, 3.8) is 0 Å². The second-order valence-corrected chi connectivity index (χ2v) is 5.83. The fourth-order valence-electron chi connectivity index (χ4n) is 2.66. The Morgan fingerprint density at radius 2 is 1.96 bits per heavy atom. The second-order valence-electron chi connectivity index (χ2n) is 5.04. The summed E-state index contributed by atoms with van der Waals surface area (Å²) in [4.78, 5) is 11.4. The Bertz CT molecular complexity index is 817. The minimum absolute atomic E-state index is 0.203. The average molecular weight is 371 g/mol. The van der Waals surface area contributed by atoms with Crippen molar-refractivity contribution < 1.29 is 14.3 Å². The van der Waals surface area contributed by atoms with Crippen molar-refractivity contribution in [1.29, 1.82) is 0 Å². The molecule has 0 atom stereocenters. The molecule has 0 aliphatic carbocycles. The molecule has 3 nitrogen and oxygen atoms in total. The SMILES string of the molecule is COc1ccc2c(c1)C(=CCCBr)c1ccccc1C(=C=O)O2. The molecule has 23 heavy (non-hydrogen) atoms. The first-order chi connectivity index (χ1) is 11.3. The fraction of sp³-hybridized carbons (Fsp3) is 0.158. The second kappa shape index (κ2) is 6.86. The zero-order chi connectivity index (χ0) is 16.2. The van der Waals surface area contributed by atoms with Gasteiger partial charge in [0.25, 0.3) is 0 Å². The van der Waals surface area contributed by atoms with Crippen molar-refractivity contribution in [3.05, 3.63) is 65.2 Å². The predicted molar refractivity (Wildman–Crippen MR) is 94.7 cm³/mol. The van der Waals surface area contributed by atoms with E-state index in [2.05, 4.69) is 22.0 Å². The first kappa shape index (κ1) is 15.6. The Balaban J connectivity index is 2.31. The van der Waals surface area contributed by atoms with Gasteiger partial charge in [0.05, 0.1) is 7.11 Å². The third kappa shape index (κ3) is 2.96. The van der Waals surface area contributed by atoms with Crippen molar-refractivity contribution in [3.8, 4) is 11.5 Å². The van der Waals surface area contributed by atoms with Gasteiger partial charge in [0, 0.05) is 16.5 Å². The molecule has 0 amide bonds. The van der Waals surface area contributed by atoms with Gasteiger partial charge >= 0.3 is 0 Å². The van der Waals surface area contributed by atoms with E-state index in [4.69, 9.17) is 9.47 Å². The highest BCUT2D eigenvalue weighted by atomic mass is 79.9. The van der Waals surface area contributed by atoms with Crippen LogP contribution in [0.15, 0.2) is 48.5 Å². The van der Waals surface area contributed by atoms with Crippen LogP contribution in [0.25, 0.3) is 11.3 Å². The molecule has 0 fully saturated rings. The number of allylic oxidation sites excluding steroid dienone is 1. The molecule has 1 heterocycles. The van der Waals surface area contributed by atoms with Crippen molar-refractivity contribution in [2.75, 3.05) is 12.4 Å². The first-order valence-corrected chi connectivity index (χ1v) is 8.38. The number of ether oxygens (including phenoxy) is 2. The Morgan fingerprint density at radius 1 is 1.17 bits per heavy atom. The van der Waals surface area contributed by atoms with E-state index >= 15 is 0 Å². The molecular weight excluding hydrogens is 356 g/mol. The number of carbonyl (C=O) groups excluding carboxylic acids is 1. The van der Waals surface area contributed by atoms with Crippen LogP contribution in [-0.4, -0.2) is 18.4 Å². The van der Waals surface area contributed by atoms with E-state index in [0.29, 0.717) is 5.75 Å². The van der Waals surface area contributed by atoms with Gasteiger partial charge in [0.15, 0.2) is 5.94 Å². The molecule has 1 aliphatic heterocycles. The minimum Gasteiger partial charge on any atom is -0.497 e. The third-order valence-electron chi connectivity index (χ3n) is 3.70. The number of hydrogen-bond donors (Lipinski definition) is 0. The van der Waals surface area contributed by atoms with Crippen LogP contribution in [0.5, 0.6) is 11.5 Å². The molecule has 0 saturated heterocycles. The van der Waals surface area contributed by atoms with Gasteiger partial charge in [0.1, 0.15) is 11.5 Å². The highest BCUT2D eigenvalue weighted by Crippen LogP contribution is 2.41. The summed E-state index contributed by atoms with van der Waals surface area (Å²) < 4.78 is 11.2. The van der Waals surface area contributed by atoms with Gasteiger partial charge in [-0.25, -0.2) is 4.79 Å². The van der Waals surface area contributed by atoms with Crippen LogP contribution < -0.4 is 9.47 Å². The van der Waals surface area contributed by atoms with Crippen LogP contribution in [0, 0.1) is 0 Å². The van der Waals surface area contributed by atoms with E-state index in [1.54, 1.807) is 7.11 Å². The highest BCUT2D eigenvalue weighted by Gasteiger charge is 2.23. The van der Waals surface area contributed by atoms with Crippen LogP contribution in [0.1, 0.15) is 23.1 Å². The van der Waals surface area contributed by atoms with E-state index in [1.165, 1.54) is 0 Å². The lowest BCUT2D eigenvalue weighted by Gasteiger charge is -2.11. The van der Waals surface area contributed by atoms with Crippen molar-refractivity contribution in [2.24, 2.45) is 0 Å². The minimum atomic E-state index is 0.203. The summed E-state index contributed by atoms with van der Waals surface area (Å²) in [6, 6.07) is 13.3. The van der Waals surface area contributed by atoms with E-state index in [9.17, 15) is 4.79 Å². The number of methoxy groups -OCH3 is 1. The Kier molecular flexibility index (Phi) is 4.65. The summed E-state index contributed by atoms with van der Waals surface area (Å²) >= 11 is 3.46. The summed E-state index contributed by atoms with van der Waals surface area (Å²) in [6.07, 6.45) is 3.00. The summed E-state index contributed by atoms with van der Waals surface area (Å²) in [6.45, 7) is 0. The summed E-state index contributed by atoms with van der Waals surface area (Å²) in [7, 11) is 1.63. The smallest absolute Gasteiger partial charge is 0.218 e. The molecule has 3 rings (SSSR count). The van der Waals surface area contributed by atoms with Crippen LogP contribution in [-0.2, 0) is 4.79 Å². The van der Waals surface area contributed by atoms with Crippen LogP contribution >= 0.6 is 15.9 Å². The summed E-state index contributed by atoms with van der Waals surface area (Å²) in [5.74, 6) is 3.50. The molecule has 0 saturated carbocycles. The molecule has 0 spiro atoms. The zero-order valence-corrected chi connectivity index (χ0v) is 14.2. The van der Waals surface area contributed by atoms with Crippen molar-refractivity contribution in [1.82, 2.24) is 0 Å². The van der Waals surface area contributed by atoms with Gasteiger partial charge in [-0.1, -0.05) is 40.2 Å². The molecule has 0 radical (unpaired) electrons. The number of alkyl halides is 1. The van der Waals surface area contributed by atoms with E-state index < -0.39 is 0 Å². The summed E-state index contributed by atoms with van der Waals surface area (Å²) in [5, 5.41) is 0.856. The molecule has 116 valence electrons. The molecule has 0 unspecified atom stereocenters. The molecular formula is C19H15BrO3. The van der Waals surface area contributed by atoms with Crippen LogP contribution in [0.4, 0.5) is 0 Å². The largest absolute Gasteiger partial charge is 0.497 e. The zero-order valence-electron chi connectivity index (χ0n) is 12.6. The molecule has 0 bridgehead atoms. The first-order valence-electron chi connectivity index (χ1n) is 7.25. The van der Waals surface area contributed by atoms with Gasteiger partial charge < -0.3 is 9.47 Å². The van der Waals surface area contributed by atoms with Gasteiger partial charge in [-0.3, -0.25) is 0 Å². The van der Waals surface area contributed by atoms with Gasteiger partial charge in [-0.15, -0.1) is 0 Å². The number of halogens is 1. The number of fused-ring (bicyclic) bond motifs is 2. The van der Waals surface area contributed by atoms with Crippen LogP contribution in [0.2, 0.25) is 0 Å². The Morgan fingerprint density at radius 3 is 2.65 bits per heavy atom. The molecule has 0 N–H and O–H groups in total. The maximum Gasteiger partial charge on any atom is 0.218 e. The maximum absolute atomic E-state index is 11.4. The standard InChI is InChI=1S/C19H15BrO3/c1-22-13-8-9-18-17(11-13)15(7-4-10-20)14-5-2-3-6-16(14)19(12-21)23-18/h2-3,5-9,11H,4,10H2,1H3. The number of hydrogen-bond acceptors (Lipinski definition) is 3. The average Bonchev–Trinajstić information content (AvgIpc) is 2.73. The fourth-order valence-corrected chi connectivity index (χ4v) is 2.89. The lowest BCUT2D eigenvalue weighted by Crippen LogP contribution is -1.95. The number of rotatable bonds is 3. The highest BCUT2D eigenvalue weighted by molar-refractivity contribution is 9.09. The Labute approximate surface area is 143 Å². The molecule has 2 aromatic rings. The van der Waals surface area contributed by atoms with Gasteiger partial charge in [0.2, 0.25) is 5.76 Å². The van der Waals surface area contributed by atoms with E-state index in [0.717, 1.165) is 39.8 Å². The van der Waals surface area contributed by atoms with E-state index in [-0.39, 0.29) is 5.76 Å². The Hall–Kier alpha value is -2.29. The lowest BCUT2D eigenvalue weighted by molar-refractivity contribution is 0.413. The number of benzene rings is 2. The van der Waals surface area contributed by atoms with Crippen LogP contribution in [0.3, 0.4) is 0 Å². The van der Waals surface area contributed by atoms with Crippen molar-refractivity contribution >= 4 is 33.2 Å².